The Morgan fingerprint density at radius 1 is 1.37 bits per heavy atom. The number of quaternary nitrogens is 1. The Morgan fingerprint density at radius 2 is 2.05 bits per heavy atom. The molecule has 1 amide bonds. The normalized spacial score (nSPS) is 37.8. The average Bonchev–Trinajstić information content (AvgIpc) is 2.31. The van der Waals surface area contributed by atoms with Crippen molar-refractivity contribution in [3.05, 3.63) is 0 Å². The third-order valence-corrected chi connectivity index (χ3v) is 5.61. The molecule has 0 bridgehead atoms. The van der Waals surface area contributed by atoms with E-state index in [2.05, 4.69) is 32.8 Å². The fraction of sp³-hybridized carbons (Fsp3) is 0.938. The fourth-order valence-corrected chi connectivity index (χ4v) is 4.81. The molecule has 0 radical (unpaired) electrons. The van der Waals surface area contributed by atoms with Crippen molar-refractivity contribution in [3.8, 4) is 0 Å². The SMILES string of the molecule is CCCC1C(C)N(C(C)=O)CC2CCC[N+](C)(C)C21. The highest BCUT2D eigenvalue weighted by atomic mass is 16.2. The number of carbonyl (C=O) groups excluding carboxylic acids is 1. The first-order chi connectivity index (χ1) is 8.88. The van der Waals surface area contributed by atoms with Gasteiger partial charge in [0.25, 0.3) is 0 Å². The number of likely N-dealkylation sites (tertiary alicyclic amines) is 2. The van der Waals surface area contributed by atoms with Gasteiger partial charge in [-0.05, 0) is 26.2 Å². The first kappa shape index (κ1) is 14.8. The monoisotopic (exact) mass is 267 g/mol. The average molecular weight is 267 g/mol. The Balaban J connectivity index is 2.29. The zero-order valence-electron chi connectivity index (χ0n) is 13.4. The summed E-state index contributed by atoms with van der Waals surface area (Å²) >= 11 is 0. The maximum atomic E-state index is 11.9. The maximum Gasteiger partial charge on any atom is 0.219 e. The third-order valence-electron chi connectivity index (χ3n) is 5.61. The lowest BCUT2D eigenvalue weighted by Gasteiger charge is -2.56. The van der Waals surface area contributed by atoms with Gasteiger partial charge in [0.1, 0.15) is 0 Å². The first-order valence-electron chi connectivity index (χ1n) is 7.98. The van der Waals surface area contributed by atoms with Crippen LogP contribution in [-0.2, 0) is 4.79 Å². The minimum absolute atomic E-state index is 0.267. The van der Waals surface area contributed by atoms with E-state index in [0.717, 1.165) is 17.1 Å². The van der Waals surface area contributed by atoms with Crippen molar-refractivity contribution < 1.29 is 9.28 Å². The summed E-state index contributed by atoms with van der Waals surface area (Å²) in [5.41, 5.74) is 0. The van der Waals surface area contributed by atoms with Crippen molar-refractivity contribution in [1.29, 1.82) is 0 Å². The predicted molar refractivity (Wildman–Crippen MR) is 78.7 cm³/mol. The lowest BCUT2D eigenvalue weighted by molar-refractivity contribution is -0.929. The van der Waals surface area contributed by atoms with Crippen LogP contribution in [0.4, 0.5) is 0 Å². The molecule has 0 spiro atoms. The fourth-order valence-electron chi connectivity index (χ4n) is 4.81. The van der Waals surface area contributed by atoms with Crippen molar-refractivity contribution in [2.45, 2.75) is 58.5 Å². The van der Waals surface area contributed by atoms with Crippen LogP contribution >= 0.6 is 0 Å². The lowest BCUT2D eigenvalue weighted by Crippen LogP contribution is -2.67. The summed E-state index contributed by atoms with van der Waals surface area (Å²) in [6.07, 6.45) is 5.11. The number of hydrogen-bond donors (Lipinski definition) is 0. The summed E-state index contributed by atoms with van der Waals surface area (Å²) < 4.78 is 1.16. The van der Waals surface area contributed by atoms with Gasteiger partial charge in [-0.15, -0.1) is 0 Å². The van der Waals surface area contributed by atoms with Gasteiger partial charge in [0.2, 0.25) is 5.91 Å². The van der Waals surface area contributed by atoms with Gasteiger partial charge >= 0.3 is 0 Å². The quantitative estimate of drug-likeness (QED) is 0.704. The molecule has 2 rings (SSSR count). The molecule has 0 aromatic rings. The van der Waals surface area contributed by atoms with E-state index in [9.17, 15) is 4.79 Å². The Labute approximate surface area is 118 Å². The van der Waals surface area contributed by atoms with E-state index >= 15 is 0 Å². The first-order valence-corrected chi connectivity index (χ1v) is 7.98. The molecule has 19 heavy (non-hydrogen) atoms. The highest BCUT2D eigenvalue weighted by Gasteiger charge is 2.51. The zero-order valence-corrected chi connectivity index (χ0v) is 13.4. The Hall–Kier alpha value is -0.570. The molecule has 2 saturated heterocycles. The molecule has 4 atom stereocenters. The molecule has 0 aromatic heterocycles. The molecule has 2 heterocycles. The minimum atomic E-state index is 0.267. The number of carbonyl (C=O) groups is 1. The second-order valence-electron chi connectivity index (χ2n) is 7.26. The molecule has 110 valence electrons. The molecule has 2 aliphatic rings. The van der Waals surface area contributed by atoms with Crippen molar-refractivity contribution in [1.82, 2.24) is 4.90 Å². The molecule has 3 nitrogen and oxygen atoms in total. The predicted octanol–water partition coefficient (Wildman–Crippen LogP) is 2.51. The Kier molecular flexibility index (Phi) is 4.24. The van der Waals surface area contributed by atoms with E-state index in [1.54, 1.807) is 6.92 Å². The summed E-state index contributed by atoms with van der Waals surface area (Å²) in [5, 5.41) is 0. The van der Waals surface area contributed by atoms with Gasteiger partial charge in [0.15, 0.2) is 0 Å². The molecule has 0 aromatic carbocycles. The van der Waals surface area contributed by atoms with Crippen LogP contribution in [0.1, 0.15) is 46.5 Å². The topological polar surface area (TPSA) is 20.3 Å². The highest BCUT2D eigenvalue weighted by Crippen LogP contribution is 2.41. The lowest BCUT2D eigenvalue weighted by atomic mass is 9.71. The third kappa shape index (κ3) is 2.67. The number of rotatable bonds is 2. The second-order valence-corrected chi connectivity index (χ2v) is 7.26. The van der Waals surface area contributed by atoms with Crippen LogP contribution in [0.2, 0.25) is 0 Å². The minimum Gasteiger partial charge on any atom is -0.339 e. The molecule has 2 aliphatic heterocycles. The van der Waals surface area contributed by atoms with E-state index in [4.69, 9.17) is 0 Å². The van der Waals surface area contributed by atoms with Gasteiger partial charge in [0.05, 0.1) is 26.7 Å². The van der Waals surface area contributed by atoms with E-state index in [1.807, 2.05) is 0 Å². The van der Waals surface area contributed by atoms with Gasteiger partial charge in [-0.1, -0.05) is 13.3 Å². The van der Waals surface area contributed by atoms with E-state index in [0.29, 0.717) is 17.9 Å². The van der Waals surface area contributed by atoms with Gasteiger partial charge in [0, 0.05) is 31.3 Å². The summed E-state index contributed by atoms with van der Waals surface area (Å²) in [7, 11) is 4.80. The van der Waals surface area contributed by atoms with Crippen LogP contribution in [0.3, 0.4) is 0 Å². The second kappa shape index (κ2) is 5.43. The van der Waals surface area contributed by atoms with Crippen LogP contribution in [0.15, 0.2) is 0 Å². The Morgan fingerprint density at radius 3 is 2.63 bits per heavy atom. The van der Waals surface area contributed by atoms with Gasteiger partial charge < -0.3 is 9.38 Å². The zero-order chi connectivity index (χ0) is 14.2. The number of piperidine rings is 2. The van der Waals surface area contributed by atoms with Gasteiger partial charge in [-0.3, -0.25) is 4.79 Å². The van der Waals surface area contributed by atoms with Crippen molar-refractivity contribution >= 4 is 5.91 Å². The van der Waals surface area contributed by atoms with E-state index in [-0.39, 0.29) is 5.91 Å². The van der Waals surface area contributed by atoms with Crippen LogP contribution in [-0.4, -0.2) is 54.6 Å². The molecular weight excluding hydrogens is 236 g/mol. The number of nitrogens with zero attached hydrogens (tertiary/aromatic N) is 2. The Bertz CT molecular complexity index is 340. The van der Waals surface area contributed by atoms with Crippen molar-refractivity contribution in [2.24, 2.45) is 11.8 Å². The molecule has 0 saturated carbocycles. The smallest absolute Gasteiger partial charge is 0.219 e. The maximum absolute atomic E-state index is 11.9. The highest BCUT2D eigenvalue weighted by molar-refractivity contribution is 5.73. The summed E-state index contributed by atoms with van der Waals surface area (Å²) in [6, 6.07) is 1.16. The summed E-state index contributed by atoms with van der Waals surface area (Å²) in [6.45, 7) is 8.57. The van der Waals surface area contributed by atoms with Crippen LogP contribution < -0.4 is 0 Å². The van der Waals surface area contributed by atoms with Crippen molar-refractivity contribution in [2.75, 3.05) is 27.2 Å². The molecule has 4 unspecified atom stereocenters. The van der Waals surface area contributed by atoms with Crippen LogP contribution in [0.5, 0.6) is 0 Å². The van der Waals surface area contributed by atoms with Crippen LogP contribution in [0.25, 0.3) is 0 Å². The molecule has 0 aliphatic carbocycles. The number of fused-ring (bicyclic) bond motifs is 1. The molecule has 2 fully saturated rings. The van der Waals surface area contributed by atoms with E-state index < -0.39 is 0 Å². The van der Waals surface area contributed by atoms with Gasteiger partial charge in [-0.2, -0.15) is 0 Å². The molecule has 0 N–H and O–H groups in total. The molecular formula is C16H31N2O+. The van der Waals surface area contributed by atoms with E-state index in [1.165, 1.54) is 32.2 Å². The van der Waals surface area contributed by atoms with Crippen molar-refractivity contribution in [3.63, 3.8) is 0 Å². The summed E-state index contributed by atoms with van der Waals surface area (Å²) in [5.74, 6) is 1.64. The largest absolute Gasteiger partial charge is 0.339 e. The van der Waals surface area contributed by atoms with Crippen LogP contribution in [0, 0.1) is 11.8 Å². The number of amides is 1. The summed E-state index contributed by atoms with van der Waals surface area (Å²) in [4.78, 5) is 14.1. The number of hydrogen-bond acceptors (Lipinski definition) is 1. The van der Waals surface area contributed by atoms with Gasteiger partial charge in [-0.25, -0.2) is 0 Å². The standard InChI is InChI=1S/C16H31N2O/c1-6-8-15-12(2)17(13(3)19)11-14-9-7-10-18(4,5)16(14)15/h12,14-16H,6-11H2,1-5H3/q+1. The molecule has 3 heteroatoms.